The molecule has 0 spiro atoms. The van der Waals surface area contributed by atoms with Crippen molar-refractivity contribution >= 4 is 11.8 Å². The molecule has 0 aliphatic carbocycles. The van der Waals surface area contributed by atoms with Crippen LogP contribution in [0.2, 0.25) is 0 Å². The second-order valence-electron chi connectivity index (χ2n) is 6.87. The number of amides is 2. The molecule has 6 heteroatoms. The van der Waals surface area contributed by atoms with Crippen LogP contribution >= 0.6 is 0 Å². The summed E-state index contributed by atoms with van der Waals surface area (Å²) >= 11 is 0. The van der Waals surface area contributed by atoms with Crippen LogP contribution in [-0.2, 0) is 11.3 Å². The molecule has 0 aliphatic heterocycles. The first-order valence-corrected chi connectivity index (χ1v) is 8.14. The highest BCUT2D eigenvalue weighted by Crippen LogP contribution is 2.14. The molecule has 0 bridgehead atoms. The Morgan fingerprint density at radius 3 is 2.36 bits per heavy atom. The van der Waals surface area contributed by atoms with E-state index in [9.17, 15) is 14.7 Å². The van der Waals surface area contributed by atoms with Crippen LogP contribution in [0.15, 0.2) is 47.1 Å². The first-order chi connectivity index (χ1) is 11.8. The summed E-state index contributed by atoms with van der Waals surface area (Å²) in [5.74, 6) is 0.0994. The number of carbonyl (C=O) groups is 2. The summed E-state index contributed by atoms with van der Waals surface area (Å²) in [6.45, 7) is 6.04. The van der Waals surface area contributed by atoms with E-state index in [-0.39, 0.29) is 18.4 Å². The molecule has 2 amide bonds. The Morgan fingerprint density at radius 1 is 1.12 bits per heavy atom. The van der Waals surface area contributed by atoms with Crippen molar-refractivity contribution in [3.05, 3.63) is 59.5 Å². The van der Waals surface area contributed by atoms with Crippen molar-refractivity contribution in [2.75, 3.05) is 6.54 Å². The molecular formula is C19H24N2O4. The zero-order valence-electron chi connectivity index (χ0n) is 14.7. The summed E-state index contributed by atoms with van der Waals surface area (Å²) in [5, 5.41) is 15.4. The molecule has 25 heavy (non-hydrogen) atoms. The third-order valence-corrected chi connectivity index (χ3v) is 3.68. The standard InChI is InChI=1S/C19H24N2O4/c1-19(2,3)18(24)21-11-13-6-8-14(9-7-13)17(23)20-12-15(22)16-5-4-10-25-16/h4-10,15,22H,11-12H2,1-3H3,(H,20,23)(H,21,24). The van der Waals surface area contributed by atoms with Crippen LogP contribution < -0.4 is 10.6 Å². The summed E-state index contributed by atoms with van der Waals surface area (Å²) in [5.41, 5.74) is 0.955. The van der Waals surface area contributed by atoms with Gasteiger partial charge in [0.25, 0.3) is 5.91 Å². The van der Waals surface area contributed by atoms with Crippen LogP contribution in [-0.4, -0.2) is 23.5 Å². The normalized spacial score (nSPS) is 12.5. The highest BCUT2D eigenvalue weighted by Gasteiger charge is 2.20. The van der Waals surface area contributed by atoms with Crippen molar-refractivity contribution in [3.8, 4) is 0 Å². The van der Waals surface area contributed by atoms with Crippen molar-refractivity contribution in [3.63, 3.8) is 0 Å². The maximum Gasteiger partial charge on any atom is 0.251 e. The van der Waals surface area contributed by atoms with Crippen LogP contribution in [0.25, 0.3) is 0 Å². The summed E-state index contributed by atoms with van der Waals surface area (Å²) in [6.07, 6.45) is 0.586. The van der Waals surface area contributed by atoms with Gasteiger partial charge in [-0.15, -0.1) is 0 Å². The Bertz CT molecular complexity index is 700. The van der Waals surface area contributed by atoms with Gasteiger partial charge in [0.2, 0.25) is 5.91 Å². The van der Waals surface area contributed by atoms with E-state index < -0.39 is 11.5 Å². The van der Waals surface area contributed by atoms with Gasteiger partial charge < -0.3 is 20.2 Å². The second kappa shape index (κ2) is 7.98. The summed E-state index contributed by atoms with van der Waals surface area (Å²) in [6, 6.07) is 10.3. The van der Waals surface area contributed by atoms with E-state index in [1.54, 1.807) is 36.4 Å². The molecule has 1 heterocycles. The SMILES string of the molecule is CC(C)(C)C(=O)NCc1ccc(C(=O)NCC(O)c2ccco2)cc1. The average Bonchev–Trinajstić information content (AvgIpc) is 3.11. The highest BCUT2D eigenvalue weighted by molar-refractivity contribution is 5.94. The predicted octanol–water partition coefficient (Wildman–Crippen LogP) is 2.41. The van der Waals surface area contributed by atoms with Crippen molar-refractivity contribution in [1.82, 2.24) is 10.6 Å². The molecule has 0 saturated carbocycles. The van der Waals surface area contributed by atoms with Crippen molar-refractivity contribution in [2.45, 2.75) is 33.4 Å². The minimum atomic E-state index is -0.883. The number of aliphatic hydroxyl groups excluding tert-OH is 1. The lowest BCUT2D eigenvalue weighted by Crippen LogP contribution is -2.34. The van der Waals surface area contributed by atoms with Crippen LogP contribution in [0.3, 0.4) is 0 Å². The first kappa shape index (κ1) is 18.7. The van der Waals surface area contributed by atoms with E-state index in [0.29, 0.717) is 17.9 Å². The molecule has 6 nitrogen and oxygen atoms in total. The lowest BCUT2D eigenvalue weighted by Gasteiger charge is -2.17. The van der Waals surface area contributed by atoms with Gasteiger partial charge in [0, 0.05) is 17.5 Å². The molecule has 2 aromatic rings. The smallest absolute Gasteiger partial charge is 0.251 e. The van der Waals surface area contributed by atoms with Gasteiger partial charge in [0.05, 0.1) is 12.8 Å². The number of carbonyl (C=O) groups excluding carboxylic acids is 2. The Hall–Kier alpha value is -2.60. The monoisotopic (exact) mass is 344 g/mol. The topological polar surface area (TPSA) is 91.6 Å². The third kappa shape index (κ3) is 5.46. The fourth-order valence-electron chi connectivity index (χ4n) is 2.09. The number of nitrogens with one attached hydrogen (secondary N) is 2. The third-order valence-electron chi connectivity index (χ3n) is 3.68. The number of furan rings is 1. The van der Waals surface area contributed by atoms with Crippen molar-refractivity contribution < 1.29 is 19.1 Å². The molecule has 0 fully saturated rings. The van der Waals surface area contributed by atoms with E-state index in [4.69, 9.17) is 4.42 Å². The van der Waals surface area contributed by atoms with Crippen LogP contribution in [0.5, 0.6) is 0 Å². The van der Waals surface area contributed by atoms with Crippen LogP contribution in [0.1, 0.15) is 48.6 Å². The van der Waals surface area contributed by atoms with Gasteiger partial charge in [-0.1, -0.05) is 32.9 Å². The van der Waals surface area contributed by atoms with E-state index >= 15 is 0 Å². The maximum atomic E-state index is 12.1. The minimum Gasteiger partial charge on any atom is -0.467 e. The molecule has 1 aromatic heterocycles. The Kier molecular flexibility index (Phi) is 5.98. The van der Waals surface area contributed by atoms with Crippen LogP contribution in [0.4, 0.5) is 0 Å². The molecule has 0 radical (unpaired) electrons. The summed E-state index contributed by atoms with van der Waals surface area (Å²) in [4.78, 5) is 24.0. The summed E-state index contributed by atoms with van der Waals surface area (Å²) < 4.78 is 5.08. The lowest BCUT2D eigenvalue weighted by atomic mass is 9.95. The van der Waals surface area contributed by atoms with Gasteiger partial charge >= 0.3 is 0 Å². The van der Waals surface area contributed by atoms with Crippen LogP contribution in [0, 0.1) is 5.41 Å². The van der Waals surface area contributed by atoms with Gasteiger partial charge in [-0.05, 0) is 29.8 Å². The number of rotatable bonds is 6. The fourth-order valence-corrected chi connectivity index (χ4v) is 2.09. The highest BCUT2D eigenvalue weighted by atomic mass is 16.4. The van der Waals surface area contributed by atoms with Gasteiger partial charge in [0.1, 0.15) is 11.9 Å². The van der Waals surface area contributed by atoms with Gasteiger partial charge in [-0.2, -0.15) is 0 Å². The number of hydrogen-bond acceptors (Lipinski definition) is 4. The predicted molar refractivity (Wildman–Crippen MR) is 93.7 cm³/mol. The second-order valence-corrected chi connectivity index (χ2v) is 6.87. The minimum absolute atomic E-state index is 0.0266. The van der Waals surface area contributed by atoms with E-state index in [2.05, 4.69) is 10.6 Å². The number of hydrogen-bond donors (Lipinski definition) is 3. The number of benzene rings is 1. The number of aliphatic hydroxyl groups is 1. The average molecular weight is 344 g/mol. The van der Waals surface area contributed by atoms with E-state index in [1.807, 2.05) is 20.8 Å². The molecule has 134 valence electrons. The Morgan fingerprint density at radius 2 is 1.80 bits per heavy atom. The van der Waals surface area contributed by atoms with Gasteiger partial charge in [0.15, 0.2) is 0 Å². The lowest BCUT2D eigenvalue weighted by molar-refractivity contribution is -0.128. The molecule has 0 saturated heterocycles. The molecule has 1 aromatic carbocycles. The maximum absolute atomic E-state index is 12.1. The zero-order chi connectivity index (χ0) is 18.4. The van der Waals surface area contributed by atoms with E-state index in [1.165, 1.54) is 6.26 Å². The Labute approximate surface area is 147 Å². The molecule has 1 atom stereocenters. The van der Waals surface area contributed by atoms with Gasteiger partial charge in [-0.25, -0.2) is 0 Å². The largest absolute Gasteiger partial charge is 0.467 e. The van der Waals surface area contributed by atoms with Crippen molar-refractivity contribution in [2.24, 2.45) is 5.41 Å². The molecular weight excluding hydrogens is 320 g/mol. The van der Waals surface area contributed by atoms with E-state index in [0.717, 1.165) is 5.56 Å². The first-order valence-electron chi connectivity index (χ1n) is 8.14. The summed E-state index contributed by atoms with van der Waals surface area (Å²) in [7, 11) is 0. The zero-order valence-corrected chi connectivity index (χ0v) is 14.7. The quantitative estimate of drug-likeness (QED) is 0.750. The fraction of sp³-hybridized carbons (Fsp3) is 0.368. The van der Waals surface area contributed by atoms with Crippen molar-refractivity contribution in [1.29, 1.82) is 0 Å². The molecule has 0 aliphatic rings. The molecule has 1 unspecified atom stereocenters. The van der Waals surface area contributed by atoms with Gasteiger partial charge in [-0.3, -0.25) is 9.59 Å². The molecule has 3 N–H and O–H groups in total. The molecule has 2 rings (SSSR count). The Balaban J connectivity index is 1.84.